The number of hydrogen-bond donors (Lipinski definition) is 0. The maximum Gasteiger partial charge on any atom is 0.316 e. The summed E-state index contributed by atoms with van der Waals surface area (Å²) >= 11 is 5.97. The number of methoxy groups -OCH3 is 1. The summed E-state index contributed by atoms with van der Waals surface area (Å²) in [5.74, 6) is -1.60. The number of hydrogen-bond acceptors (Lipinski definition) is 4. The quantitative estimate of drug-likeness (QED) is 0.620. The molecule has 1 aromatic rings. The van der Waals surface area contributed by atoms with Gasteiger partial charge in [0, 0.05) is 11.4 Å². The first-order valence-corrected chi connectivity index (χ1v) is 6.68. The molecule has 0 radical (unpaired) electrons. The number of ether oxygens (including phenoxy) is 1. The molecule has 5 heteroatoms. The van der Waals surface area contributed by atoms with E-state index in [0.717, 1.165) is 5.56 Å². The van der Waals surface area contributed by atoms with Crippen LogP contribution in [0.15, 0.2) is 24.3 Å². The molecule has 1 aliphatic rings. The van der Waals surface area contributed by atoms with Gasteiger partial charge in [0.1, 0.15) is 11.7 Å². The van der Waals surface area contributed by atoms with Crippen LogP contribution in [0.2, 0.25) is 5.02 Å². The minimum Gasteiger partial charge on any atom is -0.468 e. The number of Topliss-reactive ketones (excluding diaryl/α,β-unsaturated/α-hetero) is 1. The molecule has 0 spiro atoms. The Hall–Kier alpha value is -1.86. The SMILES string of the molecule is COC(=O)[C@H]1C[C@](C#N)(c2cccc(Cl)c2)CCC1=O. The molecule has 0 bridgehead atoms. The van der Waals surface area contributed by atoms with Crippen molar-refractivity contribution in [3.05, 3.63) is 34.9 Å². The van der Waals surface area contributed by atoms with Gasteiger partial charge in [0.2, 0.25) is 0 Å². The predicted molar refractivity (Wildman–Crippen MR) is 73.1 cm³/mol. The van der Waals surface area contributed by atoms with Crippen molar-refractivity contribution in [3.63, 3.8) is 0 Å². The molecule has 0 saturated heterocycles. The third kappa shape index (κ3) is 2.54. The second kappa shape index (κ2) is 5.64. The van der Waals surface area contributed by atoms with Crippen molar-refractivity contribution >= 4 is 23.4 Å². The summed E-state index contributed by atoms with van der Waals surface area (Å²) in [6.45, 7) is 0. The van der Waals surface area contributed by atoms with E-state index in [4.69, 9.17) is 11.6 Å². The monoisotopic (exact) mass is 291 g/mol. The lowest BCUT2D eigenvalue weighted by Gasteiger charge is -2.34. The van der Waals surface area contributed by atoms with Crippen LogP contribution in [0.4, 0.5) is 0 Å². The van der Waals surface area contributed by atoms with E-state index in [9.17, 15) is 14.9 Å². The fraction of sp³-hybridized carbons (Fsp3) is 0.400. The van der Waals surface area contributed by atoms with E-state index in [-0.39, 0.29) is 18.6 Å². The Bertz CT molecular complexity index is 585. The van der Waals surface area contributed by atoms with E-state index in [0.29, 0.717) is 11.4 Å². The summed E-state index contributed by atoms with van der Waals surface area (Å²) in [6, 6.07) is 9.28. The summed E-state index contributed by atoms with van der Waals surface area (Å²) < 4.78 is 4.66. The van der Waals surface area contributed by atoms with Crippen LogP contribution in [0.3, 0.4) is 0 Å². The number of halogens is 1. The second-order valence-corrected chi connectivity index (χ2v) is 5.39. The third-order valence-corrected chi connectivity index (χ3v) is 4.05. The Kier molecular flexibility index (Phi) is 4.10. The fourth-order valence-corrected chi connectivity index (χ4v) is 2.84. The van der Waals surface area contributed by atoms with Crippen molar-refractivity contribution in [2.75, 3.05) is 7.11 Å². The van der Waals surface area contributed by atoms with Crippen LogP contribution in [0.1, 0.15) is 24.8 Å². The van der Waals surface area contributed by atoms with E-state index in [1.807, 2.05) is 0 Å². The fourth-order valence-electron chi connectivity index (χ4n) is 2.65. The lowest BCUT2D eigenvalue weighted by molar-refractivity contribution is -0.151. The zero-order chi connectivity index (χ0) is 14.8. The molecule has 1 fully saturated rings. The van der Waals surface area contributed by atoms with Crippen LogP contribution >= 0.6 is 11.6 Å². The highest BCUT2D eigenvalue weighted by atomic mass is 35.5. The maximum atomic E-state index is 11.9. The highest BCUT2D eigenvalue weighted by Crippen LogP contribution is 2.41. The highest BCUT2D eigenvalue weighted by Gasteiger charge is 2.45. The molecular formula is C15H14ClNO3. The van der Waals surface area contributed by atoms with Crippen LogP contribution in [0.25, 0.3) is 0 Å². The van der Waals surface area contributed by atoms with Crippen molar-refractivity contribution in [3.8, 4) is 6.07 Å². The molecule has 1 aliphatic carbocycles. The Balaban J connectivity index is 2.39. The maximum absolute atomic E-state index is 11.9. The zero-order valence-corrected chi connectivity index (χ0v) is 11.8. The molecule has 104 valence electrons. The van der Waals surface area contributed by atoms with Crippen LogP contribution in [-0.2, 0) is 19.7 Å². The number of rotatable bonds is 2. The standard InChI is InChI=1S/C15H14ClNO3/c1-20-14(19)12-8-15(9-17,6-5-13(12)18)10-3-2-4-11(16)7-10/h2-4,7,12H,5-6,8H2,1H3/t12-,15+/m0/s1. The minimum absolute atomic E-state index is 0.148. The van der Waals surface area contributed by atoms with Crippen molar-refractivity contribution in [1.29, 1.82) is 5.26 Å². The lowest BCUT2D eigenvalue weighted by atomic mass is 9.66. The molecule has 20 heavy (non-hydrogen) atoms. The van der Waals surface area contributed by atoms with Gasteiger partial charge in [0.05, 0.1) is 18.6 Å². The number of carbonyl (C=O) groups is 2. The first-order chi connectivity index (χ1) is 9.52. The number of nitrogens with zero attached hydrogens (tertiary/aromatic N) is 1. The van der Waals surface area contributed by atoms with Gasteiger partial charge in [-0.25, -0.2) is 0 Å². The molecule has 2 atom stereocenters. The van der Waals surface area contributed by atoms with Crippen LogP contribution in [0, 0.1) is 17.2 Å². The second-order valence-electron chi connectivity index (χ2n) is 4.95. The highest BCUT2D eigenvalue weighted by molar-refractivity contribution is 6.30. The number of ketones is 1. The molecule has 0 aliphatic heterocycles. The largest absolute Gasteiger partial charge is 0.468 e. The lowest BCUT2D eigenvalue weighted by Crippen LogP contribution is -2.40. The van der Waals surface area contributed by atoms with Gasteiger partial charge in [-0.1, -0.05) is 23.7 Å². The summed E-state index contributed by atoms with van der Waals surface area (Å²) in [5.41, 5.74) is -0.119. The van der Waals surface area contributed by atoms with E-state index in [1.165, 1.54) is 7.11 Å². The van der Waals surface area contributed by atoms with Gasteiger partial charge in [-0.2, -0.15) is 5.26 Å². The molecular weight excluding hydrogens is 278 g/mol. The van der Waals surface area contributed by atoms with Gasteiger partial charge >= 0.3 is 5.97 Å². The number of benzene rings is 1. The molecule has 1 aromatic carbocycles. The molecule has 0 N–H and O–H groups in total. The van der Waals surface area contributed by atoms with Crippen molar-refractivity contribution in [2.45, 2.75) is 24.7 Å². The summed E-state index contributed by atoms with van der Waals surface area (Å²) in [6.07, 6.45) is 0.741. The van der Waals surface area contributed by atoms with Gasteiger partial charge in [-0.3, -0.25) is 9.59 Å². The smallest absolute Gasteiger partial charge is 0.316 e. The van der Waals surface area contributed by atoms with Gasteiger partial charge in [-0.15, -0.1) is 0 Å². The molecule has 1 saturated carbocycles. The van der Waals surface area contributed by atoms with Crippen molar-refractivity contribution in [2.24, 2.45) is 5.92 Å². The first kappa shape index (κ1) is 14.5. The number of nitriles is 1. The Labute approximate surface area is 122 Å². The van der Waals surface area contributed by atoms with E-state index >= 15 is 0 Å². The van der Waals surface area contributed by atoms with E-state index < -0.39 is 17.3 Å². The van der Waals surface area contributed by atoms with Crippen LogP contribution in [0.5, 0.6) is 0 Å². The molecule has 0 heterocycles. The first-order valence-electron chi connectivity index (χ1n) is 6.30. The average Bonchev–Trinajstić information content (AvgIpc) is 2.47. The van der Waals surface area contributed by atoms with Gasteiger partial charge in [-0.05, 0) is 30.5 Å². The molecule has 0 aromatic heterocycles. The van der Waals surface area contributed by atoms with Crippen molar-refractivity contribution < 1.29 is 14.3 Å². The zero-order valence-electron chi connectivity index (χ0n) is 11.1. The molecule has 4 nitrogen and oxygen atoms in total. The topological polar surface area (TPSA) is 67.2 Å². The van der Waals surface area contributed by atoms with Gasteiger partial charge in [0.15, 0.2) is 0 Å². The summed E-state index contributed by atoms with van der Waals surface area (Å²) in [7, 11) is 1.25. The predicted octanol–water partition coefficient (Wildman–Crippen LogP) is 2.64. The normalized spacial score (nSPS) is 25.9. The molecule has 0 unspecified atom stereocenters. The third-order valence-electron chi connectivity index (χ3n) is 3.82. The van der Waals surface area contributed by atoms with Crippen LogP contribution < -0.4 is 0 Å². The summed E-state index contributed by atoms with van der Waals surface area (Å²) in [4.78, 5) is 23.6. The van der Waals surface area contributed by atoms with Crippen LogP contribution in [-0.4, -0.2) is 18.9 Å². The molecule has 2 rings (SSSR count). The Morgan fingerprint density at radius 2 is 2.30 bits per heavy atom. The Morgan fingerprint density at radius 1 is 1.55 bits per heavy atom. The number of carbonyl (C=O) groups excluding carboxylic acids is 2. The average molecular weight is 292 g/mol. The van der Waals surface area contributed by atoms with E-state index in [1.54, 1.807) is 24.3 Å². The van der Waals surface area contributed by atoms with Gasteiger partial charge < -0.3 is 4.74 Å². The molecule has 0 amide bonds. The summed E-state index contributed by atoms with van der Waals surface area (Å²) in [5, 5.41) is 10.1. The van der Waals surface area contributed by atoms with E-state index in [2.05, 4.69) is 10.8 Å². The minimum atomic E-state index is -0.868. The van der Waals surface area contributed by atoms with Crippen molar-refractivity contribution in [1.82, 2.24) is 0 Å². The number of esters is 1. The van der Waals surface area contributed by atoms with Gasteiger partial charge in [0.25, 0.3) is 0 Å². The Morgan fingerprint density at radius 3 is 2.90 bits per heavy atom.